The summed E-state index contributed by atoms with van der Waals surface area (Å²) >= 11 is 4.75. The van der Waals surface area contributed by atoms with Crippen molar-refractivity contribution in [1.82, 2.24) is 0 Å². The summed E-state index contributed by atoms with van der Waals surface area (Å²) < 4.78 is 6.14. The fraction of sp³-hybridized carbons (Fsp3) is 0.333. The Morgan fingerprint density at radius 1 is 1.64 bits per heavy atom. The van der Waals surface area contributed by atoms with E-state index in [1.165, 1.54) is 11.3 Å². The molecule has 74 valence electrons. The van der Waals surface area contributed by atoms with Crippen LogP contribution in [0.15, 0.2) is 20.9 Å². The van der Waals surface area contributed by atoms with E-state index in [1.54, 1.807) is 0 Å². The van der Waals surface area contributed by atoms with Crippen molar-refractivity contribution in [2.24, 2.45) is 4.99 Å². The van der Waals surface area contributed by atoms with Crippen LogP contribution in [0, 0.1) is 0 Å². The topological polar surface area (TPSA) is 38.7 Å². The lowest BCUT2D eigenvalue weighted by Crippen LogP contribution is -2.07. The number of Topliss-reactive ketones (excluding diaryl/α,β-unsaturated/α-hetero) is 1. The van der Waals surface area contributed by atoms with Crippen molar-refractivity contribution in [2.45, 2.75) is 6.42 Å². The second kappa shape index (κ2) is 4.23. The second-order valence-corrected chi connectivity index (χ2v) is 5.29. The number of halogens is 1. The highest BCUT2D eigenvalue weighted by Crippen LogP contribution is 2.23. The van der Waals surface area contributed by atoms with Crippen molar-refractivity contribution in [2.75, 3.05) is 13.2 Å². The van der Waals surface area contributed by atoms with Gasteiger partial charge in [-0.3, -0.25) is 9.79 Å². The Bertz CT molecular complexity index is 386. The number of carbonyl (C=O) groups is 1. The summed E-state index contributed by atoms with van der Waals surface area (Å²) in [5, 5.41) is 0. The third-order valence-corrected chi connectivity index (χ3v) is 3.47. The molecule has 5 heteroatoms. The van der Waals surface area contributed by atoms with Gasteiger partial charge < -0.3 is 4.74 Å². The van der Waals surface area contributed by atoms with Crippen molar-refractivity contribution < 1.29 is 9.53 Å². The molecule has 0 radical (unpaired) electrons. The molecule has 0 fully saturated rings. The summed E-state index contributed by atoms with van der Waals surface area (Å²) in [5.41, 5.74) is 0. The van der Waals surface area contributed by atoms with Gasteiger partial charge in [0.1, 0.15) is 6.61 Å². The Labute approximate surface area is 93.9 Å². The quantitative estimate of drug-likeness (QED) is 0.794. The van der Waals surface area contributed by atoms with E-state index in [9.17, 15) is 4.79 Å². The van der Waals surface area contributed by atoms with Gasteiger partial charge in [0.2, 0.25) is 0 Å². The van der Waals surface area contributed by atoms with E-state index < -0.39 is 0 Å². The van der Waals surface area contributed by atoms with E-state index in [0.29, 0.717) is 19.0 Å². The van der Waals surface area contributed by atoms with Gasteiger partial charge in [-0.15, -0.1) is 11.3 Å². The van der Waals surface area contributed by atoms with Crippen LogP contribution in [0.25, 0.3) is 0 Å². The molecule has 1 aliphatic rings. The first-order valence-corrected chi connectivity index (χ1v) is 5.81. The maximum atomic E-state index is 11.6. The zero-order valence-electron chi connectivity index (χ0n) is 7.33. The van der Waals surface area contributed by atoms with Gasteiger partial charge in [0.05, 0.1) is 21.6 Å². The Balaban J connectivity index is 2.02. The minimum Gasteiger partial charge on any atom is -0.479 e. The Hall–Kier alpha value is -0.680. The molecule has 0 N–H and O–H groups in total. The molecule has 14 heavy (non-hydrogen) atoms. The lowest BCUT2D eigenvalue weighted by Gasteiger charge is -1.98. The van der Waals surface area contributed by atoms with Gasteiger partial charge in [-0.1, -0.05) is 0 Å². The molecule has 0 saturated carbocycles. The number of hydrogen-bond acceptors (Lipinski definition) is 4. The van der Waals surface area contributed by atoms with Crippen LogP contribution < -0.4 is 0 Å². The number of rotatable bonds is 3. The minimum absolute atomic E-state index is 0.0707. The van der Waals surface area contributed by atoms with Crippen molar-refractivity contribution in [1.29, 1.82) is 0 Å². The summed E-state index contributed by atoms with van der Waals surface area (Å²) in [6.45, 7) is 1.29. The van der Waals surface area contributed by atoms with Gasteiger partial charge in [-0.25, -0.2) is 0 Å². The zero-order valence-corrected chi connectivity index (χ0v) is 9.73. The van der Waals surface area contributed by atoms with Crippen LogP contribution in [-0.4, -0.2) is 24.8 Å². The average molecular weight is 274 g/mol. The third kappa shape index (κ3) is 2.22. The van der Waals surface area contributed by atoms with Gasteiger partial charge >= 0.3 is 0 Å². The number of ketones is 1. The molecule has 0 amide bonds. The van der Waals surface area contributed by atoms with Crippen LogP contribution in [0.2, 0.25) is 0 Å². The van der Waals surface area contributed by atoms with Crippen LogP contribution in [-0.2, 0) is 4.74 Å². The van der Waals surface area contributed by atoms with Gasteiger partial charge in [0.15, 0.2) is 11.7 Å². The molecule has 2 rings (SSSR count). The first-order chi connectivity index (χ1) is 6.75. The Morgan fingerprint density at radius 3 is 3.07 bits per heavy atom. The monoisotopic (exact) mass is 273 g/mol. The normalized spacial score (nSPS) is 15.1. The molecular weight excluding hydrogens is 266 g/mol. The van der Waals surface area contributed by atoms with Crippen LogP contribution in [0.4, 0.5) is 0 Å². The molecule has 3 nitrogen and oxygen atoms in total. The Morgan fingerprint density at radius 2 is 2.50 bits per heavy atom. The molecular formula is C9H8BrNO2S. The van der Waals surface area contributed by atoms with Gasteiger partial charge in [0, 0.05) is 0 Å². The number of nitrogens with zero attached hydrogens (tertiary/aromatic N) is 1. The molecule has 0 bridgehead atoms. The fourth-order valence-corrected chi connectivity index (χ4v) is 2.50. The number of hydrogen-bond donors (Lipinski definition) is 0. The highest BCUT2D eigenvalue weighted by Gasteiger charge is 2.15. The van der Waals surface area contributed by atoms with Crippen LogP contribution in [0.5, 0.6) is 0 Å². The molecule has 1 aromatic rings. The summed E-state index contributed by atoms with van der Waals surface area (Å²) in [6, 6.07) is 3.68. The number of carbonyl (C=O) groups excluding carboxylic acids is 1. The van der Waals surface area contributed by atoms with E-state index in [0.717, 1.165) is 8.66 Å². The fourth-order valence-electron chi connectivity index (χ4n) is 1.17. The third-order valence-electron chi connectivity index (χ3n) is 1.81. The highest BCUT2D eigenvalue weighted by atomic mass is 79.9. The van der Waals surface area contributed by atoms with Crippen molar-refractivity contribution in [3.63, 3.8) is 0 Å². The van der Waals surface area contributed by atoms with Crippen molar-refractivity contribution >= 4 is 38.9 Å². The van der Waals surface area contributed by atoms with Crippen LogP contribution in [0.1, 0.15) is 16.1 Å². The largest absolute Gasteiger partial charge is 0.479 e. The van der Waals surface area contributed by atoms with Crippen molar-refractivity contribution in [3.8, 4) is 0 Å². The summed E-state index contributed by atoms with van der Waals surface area (Å²) in [7, 11) is 0. The van der Waals surface area contributed by atoms with E-state index in [1.807, 2.05) is 12.1 Å². The van der Waals surface area contributed by atoms with Crippen molar-refractivity contribution in [3.05, 3.63) is 20.8 Å². The predicted molar refractivity (Wildman–Crippen MR) is 59.2 cm³/mol. The molecule has 1 aliphatic heterocycles. The SMILES string of the molecule is O=C(CC1=NCCO1)c1ccc(Br)s1. The lowest BCUT2D eigenvalue weighted by molar-refractivity contribution is 0.0998. The first kappa shape index (κ1) is 9.86. The Kier molecular flexibility index (Phi) is 2.98. The zero-order chi connectivity index (χ0) is 9.97. The van der Waals surface area contributed by atoms with Crippen LogP contribution in [0.3, 0.4) is 0 Å². The van der Waals surface area contributed by atoms with Gasteiger partial charge in [0.25, 0.3) is 0 Å². The van der Waals surface area contributed by atoms with E-state index in [-0.39, 0.29) is 12.2 Å². The number of thiophene rings is 1. The highest BCUT2D eigenvalue weighted by molar-refractivity contribution is 9.11. The molecule has 2 heterocycles. The molecule has 0 spiro atoms. The summed E-state index contributed by atoms with van der Waals surface area (Å²) in [6.07, 6.45) is 0.285. The smallest absolute Gasteiger partial charge is 0.191 e. The average Bonchev–Trinajstić information content (AvgIpc) is 2.75. The standard InChI is InChI=1S/C9H8BrNO2S/c10-8-2-1-7(14-8)6(12)5-9-11-3-4-13-9/h1-2H,3-5H2. The van der Waals surface area contributed by atoms with E-state index in [2.05, 4.69) is 20.9 Å². The maximum absolute atomic E-state index is 11.6. The molecule has 0 saturated heterocycles. The molecule has 0 atom stereocenters. The summed E-state index contributed by atoms with van der Waals surface area (Å²) in [5.74, 6) is 0.640. The molecule has 0 unspecified atom stereocenters. The lowest BCUT2D eigenvalue weighted by atomic mass is 10.2. The van der Waals surface area contributed by atoms with Gasteiger partial charge in [-0.2, -0.15) is 0 Å². The second-order valence-electron chi connectivity index (χ2n) is 2.83. The van der Waals surface area contributed by atoms with Crippen LogP contribution >= 0.6 is 27.3 Å². The van der Waals surface area contributed by atoms with Gasteiger partial charge in [-0.05, 0) is 28.1 Å². The summed E-state index contributed by atoms with van der Waals surface area (Å²) in [4.78, 5) is 16.5. The molecule has 0 aliphatic carbocycles. The molecule has 0 aromatic carbocycles. The van der Waals surface area contributed by atoms with E-state index >= 15 is 0 Å². The number of ether oxygens (including phenoxy) is 1. The predicted octanol–water partition coefficient (Wildman–Crippen LogP) is 2.51. The first-order valence-electron chi connectivity index (χ1n) is 4.20. The molecule has 1 aromatic heterocycles. The van der Waals surface area contributed by atoms with E-state index in [4.69, 9.17) is 4.74 Å². The minimum atomic E-state index is 0.0707. The number of aliphatic imine (C=N–C) groups is 1. The maximum Gasteiger partial charge on any atom is 0.191 e.